The fourth-order valence-electron chi connectivity index (χ4n) is 1.61. The first-order valence-electron chi connectivity index (χ1n) is 5.75. The Balaban J connectivity index is 4.07. The van der Waals surface area contributed by atoms with Crippen molar-refractivity contribution in [3.63, 3.8) is 0 Å². The number of ether oxygens (including phenoxy) is 1. The molecule has 0 radical (unpaired) electrons. The molecule has 0 heterocycles. The lowest BCUT2D eigenvalue weighted by molar-refractivity contribution is -0.123. The number of hydrogen-bond donors (Lipinski definition) is 1. The molecule has 0 bridgehead atoms. The third-order valence-electron chi connectivity index (χ3n) is 2.70. The van der Waals surface area contributed by atoms with Crippen molar-refractivity contribution in [2.45, 2.75) is 45.2 Å². The van der Waals surface area contributed by atoms with Gasteiger partial charge in [-0.05, 0) is 41.3 Å². The number of amides is 1. The summed E-state index contributed by atoms with van der Waals surface area (Å²) in [4.78, 5) is 13.7. The summed E-state index contributed by atoms with van der Waals surface area (Å²) in [5.74, 6) is 0.0535. The van der Waals surface area contributed by atoms with Gasteiger partial charge < -0.3 is 15.0 Å². The van der Waals surface area contributed by atoms with E-state index in [-0.39, 0.29) is 11.4 Å². The largest absolute Gasteiger partial charge is 0.384 e. The number of rotatable bonds is 7. The summed E-state index contributed by atoms with van der Waals surface area (Å²) < 4.78 is 4.88. The van der Waals surface area contributed by atoms with Crippen molar-refractivity contribution in [3.8, 4) is 0 Å². The van der Waals surface area contributed by atoms with Gasteiger partial charge in [-0.1, -0.05) is 0 Å². The summed E-state index contributed by atoms with van der Waals surface area (Å²) in [5, 5.41) is 3.03. The van der Waals surface area contributed by atoms with E-state index in [9.17, 15) is 4.79 Å². The molecule has 1 unspecified atom stereocenters. The number of nitrogens with one attached hydrogen (secondary N) is 1. The molecule has 96 valence electrons. The topological polar surface area (TPSA) is 41.6 Å². The molecule has 0 aliphatic rings. The summed E-state index contributed by atoms with van der Waals surface area (Å²) in [7, 11) is 5.70. The Hall–Kier alpha value is -0.610. The third kappa shape index (κ3) is 6.80. The van der Waals surface area contributed by atoms with E-state index in [0.717, 1.165) is 6.42 Å². The minimum absolute atomic E-state index is 0.0535. The van der Waals surface area contributed by atoms with Crippen LogP contribution in [0.1, 0.15) is 33.6 Å². The van der Waals surface area contributed by atoms with Crippen LogP contribution in [0.25, 0.3) is 0 Å². The van der Waals surface area contributed by atoms with Gasteiger partial charge in [0.2, 0.25) is 5.91 Å². The van der Waals surface area contributed by atoms with Gasteiger partial charge in [0.05, 0.1) is 6.61 Å². The summed E-state index contributed by atoms with van der Waals surface area (Å²) in [6.45, 7) is 6.74. The van der Waals surface area contributed by atoms with Crippen molar-refractivity contribution < 1.29 is 9.53 Å². The zero-order chi connectivity index (χ0) is 12.8. The molecule has 4 heteroatoms. The van der Waals surface area contributed by atoms with Crippen molar-refractivity contribution in [3.05, 3.63) is 0 Å². The number of nitrogens with zero attached hydrogens (tertiary/aromatic N) is 1. The lowest BCUT2D eigenvalue weighted by Crippen LogP contribution is -2.47. The van der Waals surface area contributed by atoms with Gasteiger partial charge in [0.15, 0.2) is 0 Å². The zero-order valence-electron chi connectivity index (χ0n) is 11.5. The van der Waals surface area contributed by atoms with Gasteiger partial charge in [-0.3, -0.25) is 4.79 Å². The van der Waals surface area contributed by atoms with Crippen LogP contribution >= 0.6 is 0 Å². The van der Waals surface area contributed by atoms with Gasteiger partial charge in [-0.25, -0.2) is 0 Å². The third-order valence-corrected chi connectivity index (χ3v) is 2.70. The maximum atomic E-state index is 11.6. The highest BCUT2D eigenvalue weighted by molar-refractivity contribution is 5.76. The first-order valence-corrected chi connectivity index (χ1v) is 5.75. The van der Waals surface area contributed by atoms with Gasteiger partial charge in [0, 0.05) is 25.1 Å². The zero-order valence-corrected chi connectivity index (χ0v) is 11.5. The molecular formula is C12H26N2O2. The van der Waals surface area contributed by atoms with Crippen LogP contribution in [0.15, 0.2) is 0 Å². The van der Waals surface area contributed by atoms with Gasteiger partial charge in [-0.15, -0.1) is 0 Å². The van der Waals surface area contributed by atoms with Crippen LogP contribution in [0.3, 0.4) is 0 Å². The quantitative estimate of drug-likeness (QED) is 0.716. The molecule has 16 heavy (non-hydrogen) atoms. The minimum Gasteiger partial charge on any atom is -0.384 e. The van der Waals surface area contributed by atoms with E-state index in [1.807, 2.05) is 14.1 Å². The van der Waals surface area contributed by atoms with Gasteiger partial charge in [-0.2, -0.15) is 0 Å². The average Bonchev–Trinajstić information content (AvgIpc) is 2.12. The Morgan fingerprint density at radius 2 is 2.00 bits per heavy atom. The van der Waals surface area contributed by atoms with Crippen molar-refractivity contribution in [1.29, 1.82) is 0 Å². The fourth-order valence-corrected chi connectivity index (χ4v) is 1.61. The molecule has 0 aromatic rings. The Morgan fingerprint density at radius 3 is 2.44 bits per heavy atom. The first-order chi connectivity index (χ1) is 7.28. The monoisotopic (exact) mass is 230 g/mol. The van der Waals surface area contributed by atoms with Crippen LogP contribution in [0.4, 0.5) is 0 Å². The highest BCUT2D eigenvalue weighted by Gasteiger charge is 2.23. The normalized spacial score (nSPS) is 13.9. The SMILES string of the molecule is COCCC(=O)NC(C)(C)CC(C)N(C)C. The van der Waals surface area contributed by atoms with Crippen LogP contribution in [0, 0.1) is 0 Å². The van der Waals surface area contributed by atoms with Crippen molar-refractivity contribution in [1.82, 2.24) is 10.2 Å². The Labute approximate surface area is 99.3 Å². The second-order valence-electron chi connectivity index (χ2n) is 5.19. The van der Waals surface area contributed by atoms with Gasteiger partial charge in [0.1, 0.15) is 0 Å². The molecule has 1 amide bonds. The Bertz CT molecular complexity index is 215. The van der Waals surface area contributed by atoms with Gasteiger partial charge in [0.25, 0.3) is 0 Å². The van der Waals surface area contributed by atoms with Crippen molar-refractivity contribution in [2.24, 2.45) is 0 Å². The average molecular weight is 230 g/mol. The molecule has 0 rings (SSSR count). The van der Waals surface area contributed by atoms with Crippen LogP contribution < -0.4 is 5.32 Å². The molecule has 0 saturated heterocycles. The Kier molecular flexibility index (Phi) is 6.60. The molecule has 1 atom stereocenters. The van der Waals surface area contributed by atoms with E-state index in [4.69, 9.17) is 4.74 Å². The smallest absolute Gasteiger partial charge is 0.222 e. The standard InChI is InChI=1S/C12H26N2O2/c1-10(14(4)5)9-12(2,3)13-11(15)7-8-16-6/h10H,7-9H2,1-6H3,(H,13,15). The molecule has 0 saturated carbocycles. The van der Waals surface area contributed by atoms with Crippen LogP contribution in [-0.4, -0.2) is 50.2 Å². The molecule has 0 spiro atoms. The highest BCUT2D eigenvalue weighted by Crippen LogP contribution is 2.14. The highest BCUT2D eigenvalue weighted by atomic mass is 16.5. The van der Waals surface area contributed by atoms with E-state index < -0.39 is 0 Å². The number of carbonyl (C=O) groups is 1. The lowest BCUT2D eigenvalue weighted by atomic mass is 9.95. The summed E-state index contributed by atoms with van der Waals surface area (Å²) >= 11 is 0. The van der Waals surface area contributed by atoms with Gasteiger partial charge >= 0.3 is 0 Å². The van der Waals surface area contributed by atoms with Crippen LogP contribution in [0.5, 0.6) is 0 Å². The van der Waals surface area contributed by atoms with Crippen molar-refractivity contribution in [2.75, 3.05) is 27.8 Å². The summed E-state index contributed by atoms with van der Waals surface area (Å²) in [6.07, 6.45) is 1.36. The molecule has 0 fully saturated rings. The Morgan fingerprint density at radius 1 is 1.44 bits per heavy atom. The molecule has 1 N–H and O–H groups in total. The molecule has 0 aliphatic carbocycles. The molecular weight excluding hydrogens is 204 g/mol. The van der Waals surface area contributed by atoms with E-state index in [1.54, 1.807) is 7.11 Å². The predicted molar refractivity (Wildman–Crippen MR) is 66.5 cm³/mol. The van der Waals surface area contributed by atoms with E-state index in [1.165, 1.54) is 0 Å². The number of methoxy groups -OCH3 is 1. The van der Waals surface area contributed by atoms with E-state index >= 15 is 0 Å². The van der Waals surface area contributed by atoms with Crippen molar-refractivity contribution >= 4 is 5.91 Å². The van der Waals surface area contributed by atoms with Crippen LogP contribution in [0.2, 0.25) is 0 Å². The first kappa shape index (κ1) is 15.4. The lowest BCUT2D eigenvalue weighted by Gasteiger charge is -2.32. The number of hydrogen-bond acceptors (Lipinski definition) is 3. The van der Waals surface area contributed by atoms with Crippen LogP contribution in [-0.2, 0) is 9.53 Å². The molecule has 4 nitrogen and oxygen atoms in total. The second kappa shape index (κ2) is 6.86. The number of carbonyl (C=O) groups excluding carboxylic acids is 1. The van der Waals surface area contributed by atoms with E-state index in [0.29, 0.717) is 19.1 Å². The summed E-state index contributed by atoms with van der Waals surface area (Å²) in [5.41, 5.74) is -0.172. The second-order valence-corrected chi connectivity index (χ2v) is 5.19. The molecule has 0 aliphatic heterocycles. The molecule has 0 aromatic heterocycles. The molecule has 0 aromatic carbocycles. The predicted octanol–water partition coefficient (Wildman–Crippen LogP) is 1.26. The minimum atomic E-state index is -0.172. The maximum absolute atomic E-state index is 11.6. The fraction of sp³-hybridized carbons (Fsp3) is 0.917. The maximum Gasteiger partial charge on any atom is 0.222 e. The summed E-state index contributed by atoms with van der Waals surface area (Å²) in [6, 6.07) is 0.442. The van der Waals surface area contributed by atoms with E-state index in [2.05, 4.69) is 31.0 Å².